The molecule has 0 aromatic rings. The van der Waals surface area contributed by atoms with Crippen LogP contribution in [0.15, 0.2) is 0 Å². The fourth-order valence-corrected chi connectivity index (χ4v) is 1.01. The number of hydrogen-bond acceptors (Lipinski definition) is 4. The summed E-state index contributed by atoms with van der Waals surface area (Å²) in [6.07, 6.45) is -3.65. The topological polar surface area (TPSA) is 90.7 Å². The molecule has 0 aliphatic rings. The highest BCUT2D eigenvalue weighted by atomic mass is 35.6. The number of carbonyl (C=O) groups is 2. The summed E-state index contributed by atoms with van der Waals surface area (Å²) in [6, 6.07) is 0. The SMILES string of the molecule is CC(C)(C)OC(=O)NC(OC(N)=O)C(Cl)(Cl)Cl. The molecule has 1 atom stereocenters. The Morgan fingerprint density at radius 2 is 1.71 bits per heavy atom. The van der Waals surface area contributed by atoms with Crippen molar-refractivity contribution in [2.45, 2.75) is 36.4 Å². The molecule has 17 heavy (non-hydrogen) atoms. The molecule has 3 N–H and O–H groups in total. The fraction of sp³-hybridized carbons (Fsp3) is 0.750. The molecule has 0 aromatic heterocycles. The summed E-state index contributed by atoms with van der Waals surface area (Å²) < 4.78 is 7.25. The molecule has 0 aliphatic carbocycles. The van der Waals surface area contributed by atoms with Crippen molar-refractivity contribution >= 4 is 47.0 Å². The Labute approximate surface area is 114 Å². The Kier molecular flexibility index (Phi) is 5.64. The molecule has 100 valence electrons. The van der Waals surface area contributed by atoms with Gasteiger partial charge in [0, 0.05) is 0 Å². The summed E-state index contributed by atoms with van der Waals surface area (Å²) in [7, 11) is 0. The minimum absolute atomic E-state index is 0.741. The number of hydrogen-bond donors (Lipinski definition) is 2. The molecule has 0 rings (SSSR count). The number of carbonyl (C=O) groups excluding carboxylic acids is 2. The lowest BCUT2D eigenvalue weighted by Gasteiger charge is -2.26. The van der Waals surface area contributed by atoms with Crippen molar-refractivity contribution in [2.75, 3.05) is 0 Å². The average Bonchev–Trinajstić information content (AvgIpc) is 1.95. The molecular weight excluding hydrogens is 294 g/mol. The van der Waals surface area contributed by atoms with E-state index in [2.05, 4.69) is 10.1 Å². The third-order valence-electron chi connectivity index (χ3n) is 1.18. The summed E-state index contributed by atoms with van der Waals surface area (Å²) in [6.45, 7) is 4.93. The van der Waals surface area contributed by atoms with Gasteiger partial charge in [-0.25, -0.2) is 9.59 Å². The monoisotopic (exact) mass is 306 g/mol. The first-order chi connectivity index (χ1) is 7.42. The number of nitrogens with two attached hydrogens (primary N) is 1. The van der Waals surface area contributed by atoms with Crippen molar-refractivity contribution < 1.29 is 19.1 Å². The predicted molar refractivity (Wildman–Crippen MR) is 64.1 cm³/mol. The van der Waals surface area contributed by atoms with Gasteiger partial charge < -0.3 is 15.2 Å². The smallest absolute Gasteiger partial charge is 0.410 e. The molecule has 0 bridgehead atoms. The minimum atomic E-state index is -2.06. The molecule has 1 unspecified atom stereocenters. The van der Waals surface area contributed by atoms with E-state index in [4.69, 9.17) is 45.3 Å². The highest BCUT2D eigenvalue weighted by Crippen LogP contribution is 2.31. The van der Waals surface area contributed by atoms with Gasteiger partial charge in [0.1, 0.15) is 5.60 Å². The molecule has 2 amide bonds. The zero-order valence-corrected chi connectivity index (χ0v) is 11.7. The first-order valence-corrected chi connectivity index (χ1v) is 5.57. The van der Waals surface area contributed by atoms with E-state index in [1.807, 2.05) is 0 Å². The molecule has 0 aliphatic heterocycles. The van der Waals surface area contributed by atoms with E-state index < -0.39 is 27.8 Å². The number of ether oxygens (including phenoxy) is 2. The highest BCUT2D eigenvalue weighted by Gasteiger charge is 2.38. The van der Waals surface area contributed by atoms with Gasteiger partial charge in [-0.2, -0.15) is 0 Å². The zero-order valence-electron chi connectivity index (χ0n) is 9.42. The van der Waals surface area contributed by atoms with Crippen molar-refractivity contribution in [1.29, 1.82) is 0 Å². The van der Waals surface area contributed by atoms with E-state index in [0.717, 1.165) is 0 Å². The number of rotatable bonds is 2. The number of halogens is 3. The molecule has 0 saturated carbocycles. The van der Waals surface area contributed by atoms with E-state index in [1.165, 1.54) is 0 Å². The van der Waals surface area contributed by atoms with Gasteiger partial charge in [-0.1, -0.05) is 34.8 Å². The van der Waals surface area contributed by atoms with Crippen LogP contribution in [0.3, 0.4) is 0 Å². The molecule has 0 fully saturated rings. The van der Waals surface area contributed by atoms with E-state index in [0.29, 0.717) is 0 Å². The summed E-state index contributed by atoms with van der Waals surface area (Å²) in [5, 5.41) is 2.06. The van der Waals surface area contributed by atoms with Gasteiger partial charge in [0.2, 0.25) is 10.0 Å². The number of alkyl carbamates (subject to hydrolysis) is 1. The molecule has 0 aromatic carbocycles. The van der Waals surface area contributed by atoms with Crippen LogP contribution in [0.1, 0.15) is 20.8 Å². The Bertz CT molecular complexity index is 298. The van der Waals surface area contributed by atoms with Crippen LogP contribution in [-0.4, -0.2) is 27.8 Å². The van der Waals surface area contributed by atoms with Crippen LogP contribution < -0.4 is 11.1 Å². The van der Waals surface area contributed by atoms with Crippen LogP contribution in [0.2, 0.25) is 0 Å². The molecule has 9 heteroatoms. The summed E-state index contributed by atoms with van der Waals surface area (Å²) in [4.78, 5) is 21.9. The third kappa shape index (κ3) is 8.18. The van der Waals surface area contributed by atoms with Gasteiger partial charge in [0.25, 0.3) is 0 Å². The van der Waals surface area contributed by atoms with Crippen molar-refractivity contribution in [3.63, 3.8) is 0 Å². The standard InChI is InChI=1S/C8H13Cl3N2O4/c1-7(2,3)17-6(15)13-4(8(9,10)11)16-5(12)14/h4H,1-3H3,(H2,12,14)(H,13,15). The zero-order chi connectivity index (χ0) is 13.9. The number of alkyl halides is 3. The number of amides is 2. The summed E-state index contributed by atoms with van der Waals surface area (Å²) >= 11 is 16.5. The van der Waals surface area contributed by atoms with Gasteiger partial charge in [-0.05, 0) is 20.8 Å². The van der Waals surface area contributed by atoms with Gasteiger partial charge in [-0.3, -0.25) is 5.32 Å². The van der Waals surface area contributed by atoms with Crippen molar-refractivity contribution in [1.82, 2.24) is 5.32 Å². The molecule has 0 heterocycles. The maximum Gasteiger partial charge on any atom is 0.410 e. The van der Waals surface area contributed by atoms with Gasteiger partial charge in [-0.15, -0.1) is 0 Å². The lowest BCUT2D eigenvalue weighted by molar-refractivity contribution is 0.0318. The van der Waals surface area contributed by atoms with Crippen LogP contribution in [0.25, 0.3) is 0 Å². The van der Waals surface area contributed by atoms with E-state index in [-0.39, 0.29) is 0 Å². The van der Waals surface area contributed by atoms with Crippen LogP contribution in [0, 0.1) is 0 Å². The molecule has 0 saturated heterocycles. The first-order valence-electron chi connectivity index (χ1n) is 4.44. The van der Waals surface area contributed by atoms with Gasteiger partial charge in [0.15, 0.2) is 0 Å². The number of nitrogens with one attached hydrogen (secondary N) is 1. The fourth-order valence-electron chi connectivity index (χ4n) is 0.709. The van der Waals surface area contributed by atoms with Gasteiger partial charge in [0.05, 0.1) is 0 Å². The molecule has 0 radical (unpaired) electrons. The number of primary amides is 1. The molecule has 0 spiro atoms. The molecular formula is C8H13Cl3N2O4. The lowest BCUT2D eigenvalue weighted by Crippen LogP contribution is -2.49. The first kappa shape index (κ1) is 16.4. The van der Waals surface area contributed by atoms with Crippen LogP contribution in [0.4, 0.5) is 9.59 Å². The van der Waals surface area contributed by atoms with Crippen LogP contribution in [-0.2, 0) is 9.47 Å². The Balaban J connectivity index is 4.55. The van der Waals surface area contributed by atoms with Crippen molar-refractivity contribution in [3.8, 4) is 0 Å². The van der Waals surface area contributed by atoms with Crippen molar-refractivity contribution in [2.24, 2.45) is 5.73 Å². The second-order valence-electron chi connectivity index (χ2n) is 4.00. The maximum absolute atomic E-state index is 11.4. The average molecular weight is 308 g/mol. The molecule has 6 nitrogen and oxygen atoms in total. The van der Waals surface area contributed by atoms with Crippen LogP contribution in [0.5, 0.6) is 0 Å². The van der Waals surface area contributed by atoms with Crippen molar-refractivity contribution in [3.05, 3.63) is 0 Å². The summed E-state index contributed by atoms with van der Waals surface area (Å²) in [5.74, 6) is 0. The predicted octanol–water partition coefficient (Wildman–Crippen LogP) is 2.30. The largest absolute Gasteiger partial charge is 0.444 e. The second-order valence-corrected chi connectivity index (χ2v) is 6.37. The Hall–Kier alpha value is -0.590. The van der Waals surface area contributed by atoms with E-state index in [1.54, 1.807) is 20.8 Å². The highest BCUT2D eigenvalue weighted by molar-refractivity contribution is 6.68. The van der Waals surface area contributed by atoms with Crippen LogP contribution >= 0.6 is 34.8 Å². The normalized spacial score (nSPS) is 13.8. The third-order valence-corrected chi connectivity index (χ3v) is 1.77. The van der Waals surface area contributed by atoms with E-state index >= 15 is 0 Å². The quantitative estimate of drug-likeness (QED) is 0.605. The Morgan fingerprint density at radius 3 is 2.00 bits per heavy atom. The summed E-state index contributed by atoms with van der Waals surface area (Å²) in [5.41, 5.74) is 4.02. The van der Waals surface area contributed by atoms with Gasteiger partial charge >= 0.3 is 12.2 Å². The second kappa shape index (κ2) is 5.84. The minimum Gasteiger partial charge on any atom is -0.444 e. The maximum atomic E-state index is 11.4. The van der Waals surface area contributed by atoms with E-state index in [9.17, 15) is 9.59 Å². The lowest BCUT2D eigenvalue weighted by atomic mass is 10.2. The Morgan fingerprint density at radius 1 is 1.24 bits per heavy atom.